The third kappa shape index (κ3) is 1.48. The molecule has 0 aromatic carbocycles. The number of hydrogen-bond donors (Lipinski definition) is 1. The monoisotopic (exact) mass is 159 g/mol. The van der Waals surface area contributed by atoms with Crippen LogP contribution in [0, 0.1) is 5.41 Å². The van der Waals surface area contributed by atoms with Gasteiger partial charge in [0.15, 0.2) is 5.17 Å². The van der Waals surface area contributed by atoms with Gasteiger partial charge in [0.2, 0.25) is 0 Å². The summed E-state index contributed by atoms with van der Waals surface area (Å²) in [5, 5.41) is 7.62. The highest BCUT2D eigenvalue weighted by Crippen LogP contribution is 2.03. The molecule has 1 atom stereocenters. The minimum Gasteiger partial charge on any atom is -0.276 e. The fraction of sp³-hybridized carbons (Fsp3) is 0.600. The van der Waals surface area contributed by atoms with Gasteiger partial charge in [-0.3, -0.25) is 5.41 Å². The van der Waals surface area contributed by atoms with Gasteiger partial charge in [-0.15, -0.1) is 4.53 Å². The van der Waals surface area contributed by atoms with Crippen LogP contribution in [0.4, 0.5) is 0 Å². The maximum absolute atomic E-state index is 7.29. The third-order valence-electron chi connectivity index (χ3n) is 1.03. The van der Waals surface area contributed by atoms with Gasteiger partial charge >= 0.3 is 0 Å². The molecule has 10 heavy (non-hydrogen) atoms. The first-order valence-electron chi connectivity index (χ1n) is 2.82. The van der Waals surface area contributed by atoms with E-state index in [2.05, 4.69) is 14.4 Å². The summed E-state index contributed by atoms with van der Waals surface area (Å²) >= 11 is 0. The zero-order valence-electron chi connectivity index (χ0n) is 5.92. The van der Waals surface area contributed by atoms with Crippen molar-refractivity contribution in [1.29, 1.82) is 5.41 Å². The molecule has 1 rings (SSSR count). The molecule has 56 valence electrons. The molecular weight excluding hydrogens is 150 g/mol. The summed E-state index contributed by atoms with van der Waals surface area (Å²) in [4.78, 5) is 8.50. The smallest absolute Gasteiger partial charge is 0.193 e. The molecule has 0 amide bonds. The zero-order valence-corrected chi connectivity index (χ0v) is 6.73. The lowest BCUT2D eigenvalue weighted by Crippen LogP contribution is -2.01. The van der Waals surface area contributed by atoms with E-state index in [4.69, 9.17) is 5.41 Å². The molecule has 0 spiro atoms. The van der Waals surface area contributed by atoms with E-state index in [9.17, 15) is 0 Å². The summed E-state index contributed by atoms with van der Waals surface area (Å²) in [6.07, 6.45) is 0. The normalized spacial score (nSPS) is 25.6. The topological polar surface area (TPSA) is 57.8 Å². The minimum atomic E-state index is -0.420. The molecular formula is C5H9N3OS. The molecule has 1 heterocycles. The molecule has 0 fully saturated rings. The van der Waals surface area contributed by atoms with Gasteiger partial charge in [-0.25, -0.2) is 9.83 Å². The summed E-state index contributed by atoms with van der Waals surface area (Å²) in [5.41, 5.74) is 0.967. The number of nitrogens with zero attached hydrogens (tertiary/aromatic N) is 2. The van der Waals surface area contributed by atoms with Gasteiger partial charge in [-0.2, -0.15) is 0 Å². The van der Waals surface area contributed by atoms with Crippen molar-refractivity contribution in [1.82, 2.24) is 0 Å². The van der Waals surface area contributed by atoms with Crippen molar-refractivity contribution < 1.29 is 4.84 Å². The van der Waals surface area contributed by atoms with E-state index in [-0.39, 0.29) is 0 Å². The summed E-state index contributed by atoms with van der Waals surface area (Å²) in [7, 11) is 1.07. The molecule has 1 unspecified atom stereocenters. The van der Waals surface area contributed by atoms with Gasteiger partial charge in [-0.1, -0.05) is 0 Å². The first kappa shape index (κ1) is 7.56. The number of hydrogen-bond acceptors (Lipinski definition) is 3. The van der Waals surface area contributed by atoms with Crippen LogP contribution in [0.3, 0.4) is 0 Å². The molecule has 4 nitrogen and oxygen atoms in total. The van der Waals surface area contributed by atoms with E-state index in [0.717, 1.165) is 11.5 Å². The average Bonchev–Trinajstić information content (AvgIpc) is 2.13. The van der Waals surface area contributed by atoms with Crippen LogP contribution in [0.1, 0.15) is 6.92 Å². The van der Waals surface area contributed by atoms with E-state index in [1.165, 1.54) is 7.11 Å². The Morgan fingerprint density at radius 2 is 2.50 bits per heavy atom. The van der Waals surface area contributed by atoms with Gasteiger partial charge < -0.3 is 0 Å². The Morgan fingerprint density at radius 1 is 1.80 bits per heavy atom. The van der Waals surface area contributed by atoms with Gasteiger partial charge in [0.1, 0.15) is 0 Å². The first-order valence-corrected chi connectivity index (χ1v) is 4.17. The maximum atomic E-state index is 7.29. The van der Waals surface area contributed by atoms with Crippen LogP contribution < -0.4 is 0 Å². The fourth-order valence-corrected chi connectivity index (χ4v) is 1.84. The SMILES string of the molecule is CON=S1CC(C)=NC1=N. The standard InChI is InChI=1S/C5H9N3OS/c1-4-3-10(8-9-2)5(6)7-4/h6H,3H2,1-2H3. The summed E-state index contributed by atoms with van der Waals surface area (Å²) < 4.78 is 3.74. The van der Waals surface area contributed by atoms with Crippen LogP contribution in [-0.4, -0.2) is 23.7 Å². The lowest BCUT2D eigenvalue weighted by Gasteiger charge is -1.91. The largest absolute Gasteiger partial charge is 0.276 e. The first-order chi connectivity index (χ1) is 4.74. The van der Waals surface area contributed by atoms with Crippen molar-refractivity contribution >= 4 is 21.6 Å². The van der Waals surface area contributed by atoms with Gasteiger partial charge in [0.25, 0.3) is 0 Å². The van der Waals surface area contributed by atoms with Crippen molar-refractivity contribution in [3.8, 4) is 0 Å². The molecule has 0 aromatic rings. The minimum absolute atomic E-state index is 0.333. The summed E-state index contributed by atoms with van der Waals surface area (Å²) in [5.74, 6) is 0.757. The number of nitrogens with one attached hydrogen (secondary N) is 1. The van der Waals surface area contributed by atoms with Crippen molar-refractivity contribution in [2.24, 2.45) is 9.52 Å². The lowest BCUT2D eigenvalue weighted by molar-refractivity contribution is 0.221. The second-order valence-corrected chi connectivity index (χ2v) is 3.47. The fourth-order valence-electron chi connectivity index (χ4n) is 0.676. The Labute approximate surface area is 61.9 Å². The number of aliphatic imine (C=N–C) groups is 1. The van der Waals surface area contributed by atoms with Gasteiger partial charge in [-0.05, 0) is 6.92 Å². The quantitative estimate of drug-likeness (QED) is 0.564. The van der Waals surface area contributed by atoms with Crippen molar-refractivity contribution in [3.05, 3.63) is 0 Å². The Bertz CT molecular complexity index is 221. The number of amidine groups is 1. The molecule has 0 bridgehead atoms. The van der Waals surface area contributed by atoms with E-state index in [1.807, 2.05) is 6.92 Å². The molecule has 1 N–H and O–H groups in total. The third-order valence-corrected chi connectivity index (χ3v) is 2.58. The molecule has 0 radical (unpaired) electrons. The molecule has 0 saturated heterocycles. The maximum Gasteiger partial charge on any atom is 0.193 e. The highest BCUT2D eigenvalue weighted by Gasteiger charge is 2.13. The second kappa shape index (κ2) is 3.03. The predicted octanol–water partition coefficient (Wildman–Crippen LogP) is 0.759. The average molecular weight is 159 g/mol. The molecule has 0 aromatic heterocycles. The van der Waals surface area contributed by atoms with Crippen LogP contribution in [0.5, 0.6) is 0 Å². The predicted molar refractivity (Wildman–Crippen MR) is 42.5 cm³/mol. The van der Waals surface area contributed by atoms with E-state index < -0.39 is 10.7 Å². The Hall–Kier alpha value is -0.550. The Morgan fingerprint density at radius 3 is 2.90 bits per heavy atom. The van der Waals surface area contributed by atoms with Gasteiger partial charge in [0.05, 0.1) is 12.9 Å². The van der Waals surface area contributed by atoms with Crippen LogP contribution in [0.25, 0.3) is 0 Å². The summed E-state index contributed by atoms with van der Waals surface area (Å²) in [6.45, 7) is 1.90. The molecule has 0 aliphatic carbocycles. The highest BCUT2D eigenvalue weighted by atomic mass is 32.2. The van der Waals surface area contributed by atoms with Crippen LogP contribution in [0.2, 0.25) is 0 Å². The molecule has 1 aliphatic heterocycles. The molecule has 5 heteroatoms. The van der Waals surface area contributed by atoms with Crippen LogP contribution in [0.15, 0.2) is 9.52 Å². The molecule has 0 saturated carbocycles. The van der Waals surface area contributed by atoms with Crippen LogP contribution >= 0.6 is 0 Å². The summed E-state index contributed by atoms with van der Waals surface area (Å²) in [6, 6.07) is 0. The van der Waals surface area contributed by atoms with E-state index in [1.54, 1.807) is 0 Å². The van der Waals surface area contributed by atoms with Crippen molar-refractivity contribution in [3.63, 3.8) is 0 Å². The van der Waals surface area contributed by atoms with Crippen molar-refractivity contribution in [2.75, 3.05) is 12.9 Å². The lowest BCUT2D eigenvalue weighted by atomic mass is 10.5. The Kier molecular flexibility index (Phi) is 2.29. The molecule has 1 aliphatic rings. The van der Waals surface area contributed by atoms with E-state index >= 15 is 0 Å². The number of rotatable bonds is 1. The van der Waals surface area contributed by atoms with E-state index in [0.29, 0.717) is 5.17 Å². The van der Waals surface area contributed by atoms with Crippen molar-refractivity contribution in [2.45, 2.75) is 6.92 Å². The van der Waals surface area contributed by atoms with Gasteiger partial charge in [0, 0.05) is 16.4 Å². The van der Waals surface area contributed by atoms with Crippen LogP contribution in [-0.2, 0) is 15.5 Å². The second-order valence-electron chi connectivity index (χ2n) is 1.92. The zero-order chi connectivity index (χ0) is 7.56. The Balaban J connectivity index is 2.73. The highest BCUT2D eigenvalue weighted by molar-refractivity contribution is 8.03.